The summed E-state index contributed by atoms with van der Waals surface area (Å²) < 4.78 is 1.55. The molecule has 160 valence electrons. The molecule has 2 aliphatic rings. The van der Waals surface area contributed by atoms with E-state index >= 15 is 0 Å². The molecule has 7 heteroatoms. The van der Waals surface area contributed by atoms with Gasteiger partial charge in [0.05, 0.1) is 17.8 Å². The van der Waals surface area contributed by atoms with Gasteiger partial charge >= 0.3 is 0 Å². The summed E-state index contributed by atoms with van der Waals surface area (Å²) in [6, 6.07) is 1.61. The Labute approximate surface area is 176 Å². The zero-order valence-electron chi connectivity index (χ0n) is 18.2. The van der Waals surface area contributed by atoms with Gasteiger partial charge in [0.15, 0.2) is 11.6 Å². The number of pyridine rings is 1. The van der Waals surface area contributed by atoms with Gasteiger partial charge in [0.2, 0.25) is 5.91 Å². The van der Waals surface area contributed by atoms with E-state index in [1.54, 1.807) is 28.0 Å². The van der Waals surface area contributed by atoms with Crippen LogP contribution >= 0.6 is 0 Å². The molecule has 1 saturated heterocycles. The second kappa shape index (κ2) is 7.60. The van der Waals surface area contributed by atoms with E-state index in [9.17, 15) is 14.4 Å². The number of piperidine rings is 1. The van der Waals surface area contributed by atoms with Gasteiger partial charge in [-0.3, -0.25) is 24.0 Å². The fourth-order valence-corrected chi connectivity index (χ4v) is 4.67. The highest BCUT2D eigenvalue weighted by Crippen LogP contribution is 2.48. The largest absolute Gasteiger partial charge is 0.328 e. The molecule has 7 nitrogen and oxygen atoms in total. The molecule has 2 aromatic rings. The number of hydrogen-bond donors (Lipinski definition) is 0. The van der Waals surface area contributed by atoms with Gasteiger partial charge < -0.3 is 4.90 Å². The maximum atomic E-state index is 13.2. The highest BCUT2D eigenvalue weighted by atomic mass is 16.2. The second-order valence-electron chi connectivity index (χ2n) is 9.95. The monoisotopic (exact) mass is 410 g/mol. The third-order valence-electron chi connectivity index (χ3n) is 6.29. The van der Waals surface area contributed by atoms with Gasteiger partial charge in [-0.15, -0.1) is 0 Å². The van der Waals surface area contributed by atoms with Crippen molar-refractivity contribution in [3.05, 3.63) is 24.2 Å². The van der Waals surface area contributed by atoms with Crippen molar-refractivity contribution in [2.75, 3.05) is 0 Å². The first-order valence-corrected chi connectivity index (χ1v) is 10.8. The van der Waals surface area contributed by atoms with Crippen LogP contribution in [0.3, 0.4) is 0 Å². The molecule has 3 atom stereocenters. The molecule has 30 heavy (non-hydrogen) atoms. The van der Waals surface area contributed by atoms with E-state index in [4.69, 9.17) is 0 Å². The minimum absolute atomic E-state index is 0.0183. The van der Waals surface area contributed by atoms with E-state index < -0.39 is 0 Å². The molecule has 1 saturated carbocycles. The van der Waals surface area contributed by atoms with Gasteiger partial charge in [-0.2, -0.15) is 5.10 Å². The molecule has 0 aromatic carbocycles. The molecule has 0 bridgehead atoms. The van der Waals surface area contributed by atoms with Crippen molar-refractivity contribution in [1.82, 2.24) is 19.7 Å². The van der Waals surface area contributed by atoms with Crippen LogP contribution in [0, 0.1) is 11.3 Å². The molecule has 0 radical (unpaired) electrons. The van der Waals surface area contributed by atoms with E-state index in [-0.39, 0.29) is 41.5 Å². The van der Waals surface area contributed by atoms with Crippen LogP contribution in [0.1, 0.15) is 70.3 Å². The maximum absolute atomic E-state index is 13.2. The summed E-state index contributed by atoms with van der Waals surface area (Å²) >= 11 is 0. The molecule has 2 aromatic heterocycles. The number of ketones is 2. The Morgan fingerprint density at radius 2 is 1.97 bits per heavy atom. The summed E-state index contributed by atoms with van der Waals surface area (Å²) in [6.45, 7) is 8.02. The Morgan fingerprint density at radius 3 is 2.67 bits per heavy atom. The maximum Gasteiger partial charge on any atom is 0.245 e. The van der Waals surface area contributed by atoms with Crippen molar-refractivity contribution in [3.8, 4) is 0 Å². The average molecular weight is 411 g/mol. The highest BCUT2D eigenvalue weighted by Gasteiger charge is 2.55. The van der Waals surface area contributed by atoms with Gasteiger partial charge in [0, 0.05) is 31.0 Å². The Kier molecular flexibility index (Phi) is 5.24. The number of carbonyl (C=O) groups excluding carboxylic acids is 3. The van der Waals surface area contributed by atoms with Crippen LogP contribution in [0.2, 0.25) is 0 Å². The van der Waals surface area contributed by atoms with Gasteiger partial charge in [-0.05, 0) is 43.1 Å². The van der Waals surface area contributed by atoms with Crippen molar-refractivity contribution in [2.24, 2.45) is 11.3 Å². The van der Waals surface area contributed by atoms with E-state index in [0.717, 1.165) is 25.7 Å². The van der Waals surface area contributed by atoms with Crippen LogP contribution in [0.25, 0.3) is 10.9 Å². The SMILES string of the molecule is CC(=O)c1nn(CC(=O)N2[C@@H]3C[C@@H]3C[C@H]2C(=O)CCCC(C)(C)C)c2cnccc12. The fraction of sp³-hybridized carbons (Fsp3) is 0.609. The molecular weight excluding hydrogens is 380 g/mol. The molecule has 1 aliphatic heterocycles. The molecule has 2 fully saturated rings. The van der Waals surface area contributed by atoms with Crippen LogP contribution in [-0.4, -0.2) is 49.2 Å². The smallest absolute Gasteiger partial charge is 0.245 e. The molecule has 1 amide bonds. The van der Waals surface area contributed by atoms with Gasteiger partial charge in [-0.1, -0.05) is 20.8 Å². The Bertz CT molecular complexity index is 1000. The van der Waals surface area contributed by atoms with Crippen molar-refractivity contribution in [1.29, 1.82) is 0 Å². The van der Waals surface area contributed by atoms with Gasteiger partial charge in [-0.25, -0.2) is 0 Å². The standard InChI is InChI=1S/C23H30N4O3/c1-14(28)22-16-7-9-24-12-19(16)26(25-22)13-21(30)27-17-10-15(17)11-18(27)20(29)6-5-8-23(2,3)4/h7,9,12,15,17-18H,5-6,8,10-11,13H2,1-4H3/t15-,17-,18+/m1/s1. The van der Waals surface area contributed by atoms with Crippen LogP contribution in [0.15, 0.2) is 18.5 Å². The van der Waals surface area contributed by atoms with Crippen molar-refractivity contribution in [3.63, 3.8) is 0 Å². The van der Waals surface area contributed by atoms with E-state index in [1.165, 1.54) is 6.92 Å². The van der Waals surface area contributed by atoms with Gasteiger partial charge in [0.1, 0.15) is 12.2 Å². The third-order valence-corrected chi connectivity index (χ3v) is 6.29. The number of aromatic nitrogens is 3. The first-order valence-electron chi connectivity index (χ1n) is 10.8. The summed E-state index contributed by atoms with van der Waals surface area (Å²) in [4.78, 5) is 44.0. The molecule has 0 N–H and O–H groups in total. The lowest BCUT2D eigenvalue weighted by atomic mass is 9.88. The van der Waals surface area contributed by atoms with Crippen molar-refractivity contribution in [2.45, 2.75) is 78.4 Å². The third kappa shape index (κ3) is 4.02. The number of rotatable bonds is 7. The minimum Gasteiger partial charge on any atom is -0.328 e. The number of carbonyl (C=O) groups is 3. The first kappa shape index (κ1) is 20.7. The summed E-state index contributed by atoms with van der Waals surface area (Å²) in [5.41, 5.74) is 1.22. The lowest BCUT2D eigenvalue weighted by molar-refractivity contribution is -0.139. The minimum atomic E-state index is -0.312. The average Bonchev–Trinajstić information content (AvgIpc) is 3.17. The topological polar surface area (TPSA) is 85.2 Å². The Balaban J connectivity index is 1.49. The molecular formula is C23H30N4O3. The van der Waals surface area contributed by atoms with E-state index in [1.807, 2.05) is 0 Å². The number of amides is 1. The van der Waals surface area contributed by atoms with Crippen LogP contribution in [0.4, 0.5) is 0 Å². The lowest BCUT2D eigenvalue weighted by Crippen LogP contribution is -2.44. The fourth-order valence-electron chi connectivity index (χ4n) is 4.67. The molecule has 0 unspecified atom stereocenters. The first-order chi connectivity index (χ1) is 14.2. The normalized spacial score (nSPS) is 22.9. The number of hydrogen-bond acceptors (Lipinski definition) is 5. The Morgan fingerprint density at radius 1 is 1.20 bits per heavy atom. The van der Waals surface area contributed by atoms with E-state index in [0.29, 0.717) is 28.9 Å². The van der Waals surface area contributed by atoms with Crippen molar-refractivity contribution < 1.29 is 14.4 Å². The Hall–Kier alpha value is -2.57. The molecule has 3 heterocycles. The van der Waals surface area contributed by atoms with E-state index in [2.05, 4.69) is 30.9 Å². The summed E-state index contributed by atoms with van der Waals surface area (Å²) in [5, 5.41) is 5.08. The van der Waals surface area contributed by atoms with Gasteiger partial charge in [0.25, 0.3) is 0 Å². The zero-order valence-corrected chi connectivity index (χ0v) is 18.2. The zero-order chi connectivity index (χ0) is 21.6. The predicted molar refractivity (Wildman–Crippen MR) is 113 cm³/mol. The van der Waals surface area contributed by atoms with Crippen molar-refractivity contribution >= 4 is 28.4 Å². The predicted octanol–water partition coefficient (Wildman–Crippen LogP) is 3.41. The quantitative estimate of drug-likeness (QED) is 0.653. The highest BCUT2D eigenvalue weighted by molar-refractivity contribution is 6.04. The molecule has 1 aliphatic carbocycles. The summed E-state index contributed by atoms with van der Waals surface area (Å²) in [6.07, 6.45) is 7.38. The number of Topliss-reactive ketones (excluding diaryl/α,β-unsaturated/α-hetero) is 2. The van der Waals surface area contributed by atoms with Crippen LogP contribution < -0.4 is 0 Å². The molecule has 4 rings (SSSR count). The lowest BCUT2D eigenvalue weighted by Gasteiger charge is -2.27. The summed E-state index contributed by atoms with van der Waals surface area (Å²) in [5.74, 6) is 0.385. The number of nitrogens with zero attached hydrogens (tertiary/aromatic N) is 4. The number of likely N-dealkylation sites (tertiary alicyclic amines) is 1. The van der Waals surface area contributed by atoms with Crippen LogP contribution in [-0.2, 0) is 16.1 Å². The number of fused-ring (bicyclic) bond motifs is 2. The summed E-state index contributed by atoms with van der Waals surface area (Å²) in [7, 11) is 0. The van der Waals surface area contributed by atoms with Crippen LogP contribution in [0.5, 0.6) is 0 Å². The molecule has 0 spiro atoms. The second-order valence-corrected chi connectivity index (χ2v) is 9.95.